The summed E-state index contributed by atoms with van der Waals surface area (Å²) in [6, 6.07) is 27.5. The van der Waals surface area contributed by atoms with Crippen molar-refractivity contribution in [1.29, 1.82) is 0 Å². The van der Waals surface area contributed by atoms with Crippen LogP contribution in [0.4, 0.5) is 0 Å². The average molecular weight is 417 g/mol. The van der Waals surface area contributed by atoms with Gasteiger partial charge in [0.25, 0.3) is 0 Å². The van der Waals surface area contributed by atoms with Crippen LogP contribution in [-0.2, 0) is 5.41 Å². The van der Waals surface area contributed by atoms with Gasteiger partial charge in [0.15, 0.2) is 0 Å². The molecule has 1 aliphatic rings. The van der Waals surface area contributed by atoms with Gasteiger partial charge in [-0.05, 0) is 49.2 Å². The predicted molar refractivity (Wildman–Crippen MR) is 130 cm³/mol. The minimum absolute atomic E-state index is 0.0642. The number of hydrogen-bond acceptors (Lipinski definition) is 3. The number of aromatic nitrogens is 2. The normalized spacial score (nSPS) is 14.1. The van der Waals surface area contributed by atoms with Crippen LogP contribution >= 0.6 is 0 Å². The largest absolute Gasteiger partial charge is 0.457 e. The molecule has 0 radical (unpaired) electrons. The van der Waals surface area contributed by atoms with Gasteiger partial charge in [0.2, 0.25) is 0 Å². The standard InChI is InChI=1S/C29H24N2O/c1-3-29(4-2)22-9-5-6-10-25(22)32-26-16-14-21(18-23(26)29)24-15-13-20-12-11-19-8-7-17-30-27(19)28(20)31-24/h5-18H,3-4H2,1-2H3. The van der Waals surface area contributed by atoms with Crippen LogP contribution in [0.3, 0.4) is 0 Å². The lowest BCUT2D eigenvalue weighted by molar-refractivity contribution is 0.375. The van der Waals surface area contributed by atoms with E-state index >= 15 is 0 Å². The maximum atomic E-state index is 6.32. The first-order valence-corrected chi connectivity index (χ1v) is 11.3. The third kappa shape index (κ3) is 2.67. The molecule has 0 amide bonds. The van der Waals surface area contributed by atoms with Crippen molar-refractivity contribution in [2.24, 2.45) is 0 Å². The summed E-state index contributed by atoms with van der Waals surface area (Å²) >= 11 is 0. The predicted octanol–water partition coefficient (Wildman–Crippen LogP) is 7.66. The van der Waals surface area contributed by atoms with Crippen LogP contribution in [0.15, 0.2) is 85.1 Å². The van der Waals surface area contributed by atoms with Crippen molar-refractivity contribution < 1.29 is 4.74 Å². The van der Waals surface area contributed by atoms with Crippen molar-refractivity contribution in [2.75, 3.05) is 0 Å². The SMILES string of the molecule is CCC1(CC)c2ccccc2Oc2ccc(-c3ccc4ccc5cccnc5c4n3)cc21. The highest BCUT2D eigenvalue weighted by Crippen LogP contribution is 2.52. The molecule has 3 aromatic carbocycles. The number of para-hydroxylation sites is 1. The first-order chi connectivity index (χ1) is 15.7. The van der Waals surface area contributed by atoms with Gasteiger partial charge in [0, 0.05) is 39.1 Å². The molecule has 0 atom stereocenters. The molecule has 0 aliphatic carbocycles. The summed E-state index contributed by atoms with van der Waals surface area (Å²) in [6.45, 7) is 4.54. The molecule has 156 valence electrons. The fraction of sp³-hybridized carbons (Fsp3) is 0.172. The summed E-state index contributed by atoms with van der Waals surface area (Å²) < 4.78 is 6.32. The number of hydrogen-bond donors (Lipinski definition) is 0. The monoisotopic (exact) mass is 416 g/mol. The van der Waals surface area contributed by atoms with Crippen molar-refractivity contribution in [1.82, 2.24) is 9.97 Å². The van der Waals surface area contributed by atoms with Crippen molar-refractivity contribution in [2.45, 2.75) is 32.1 Å². The smallest absolute Gasteiger partial charge is 0.131 e. The number of rotatable bonds is 3. The van der Waals surface area contributed by atoms with E-state index in [-0.39, 0.29) is 5.41 Å². The molecule has 0 saturated heterocycles. The average Bonchev–Trinajstić information content (AvgIpc) is 2.86. The minimum Gasteiger partial charge on any atom is -0.457 e. The Labute approximate surface area is 187 Å². The fourth-order valence-electron chi connectivity index (χ4n) is 5.26. The van der Waals surface area contributed by atoms with Crippen LogP contribution in [0.5, 0.6) is 11.5 Å². The van der Waals surface area contributed by atoms with Gasteiger partial charge in [-0.25, -0.2) is 4.98 Å². The Bertz CT molecular complexity index is 1480. The summed E-state index contributed by atoms with van der Waals surface area (Å²) in [5.74, 6) is 1.92. The highest BCUT2D eigenvalue weighted by molar-refractivity contribution is 6.03. The molecular formula is C29H24N2O. The van der Waals surface area contributed by atoms with E-state index < -0.39 is 0 Å². The van der Waals surface area contributed by atoms with Gasteiger partial charge in [-0.3, -0.25) is 4.98 Å². The second-order valence-electron chi connectivity index (χ2n) is 8.51. The highest BCUT2D eigenvalue weighted by Gasteiger charge is 2.39. The summed E-state index contributed by atoms with van der Waals surface area (Å²) in [5.41, 5.74) is 6.40. The number of benzene rings is 3. The second-order valence-corrected chi connectivity index (χ2v) is 8.51. The van der Waals surface area contributed by atoms with Crippen molar-refractivity contribution in [3.8, 4) is 22.8 Å². The molecule has 6 rings (SSSR count). The first-order valence-electron chi connectivity index (χ1n) is 11.3. The molecule has 0 N–H and O–H groups in total. The van der Waals surface area contributed by atoms with Gasteiger partial charge in [0.05, 0.1) is 16.7 Å². The summed E-state index contributed by atoms with van der Waals surface area (Å²) in [7, 11) is 0. The van der Waals surface area contributed by atoms with Crippen molar-refractivity contribution in [3.63, 3.8) is 0 Å². The second kappa shape index (κ2) is 7.16. The van der Waals surface area contributed by atoms with E-state index in [4.69, 9.17) is 9.72 Å². The lowest BCUT2D eigenvalue weighted by atomic mass is 9.68. The zero-order valence-corrected chi connectivity index (χ0v) is 18.3. The Morgan fingerprint density at radius 3 is 2.31 bits per heavy atom. The molecule has 3 heteroatoms. The van der Waals surface area contributed by atoms with Gasteiger partial charge >= 0.3 is 0 Å². The molecule has 3 nitrogen and oxygen atoms in total. The lowest BCUT2D eigenvalue weighted by Gasteiger charge is -2.39. The fourth-order valence-corrected chi connectivity index (χ4v) is 5.26. The third-order valence-electron chi connectivity index (χ3n) is 7.05. The Hall–Kier alpha value is -3.72. The van der Waals surface area contributed by atoms with Crippen LogP contribution in [0.1, 0.15) is 37.8 Å². The van der Waals surface area contributed by atoms with E-state index in [0.29, 0.717) is 0 Å². The number of fused-ring (bicyclic) bond motifs is 5. The number of ether oxygens (including phenoxy) is 1. The molecular weight excluding hydrogens is 392 g/mol. The molecule has 5 aromatic rings. The maximum Gasteiger partial charge on any atom is 0.131 e. The van der Waals surface area contributed by atoms with Crippen LogP contribution in [-0.4, -0.2) is 9.97 Å². The van der Waals surface area contributed by atoms with E-state index in [2.05, 4.69) is 85.6 Å². The van der Waals surface area contributed by atoms with E-state index in [9.17, 15) is 0 Å². The Morgan fingerprint density at radius 2 is 1.47 bits per heavy atom. The molecule has 0 spiro atoms. The van der Waals surface area contributed by atoms with Gasteiger partial charge < -0.3 is 4.74 Å². The molecule has 0 unspecified atom stereocenters. The first kappa shape index (κ1) is 19.0. The molecule has 1 aliphatic heterocycles. The van der Waals surface area contributed by atoms with Crippen molar-refractivity contribution >= 4 is 21.8 Å². The van der Waals surface area contributed by atoms with Gasteiger partial charge in [-0.2, -0.15) is 0 Å². The Kier molecular flexibility index (Phi) is 4.25. The van der Waals surface area contributed by atoms with Crippen LogP contribution in [0, 0.1) is 0 Å². The quantitative estimate of drug-likeness (QED) is 0.283. The Morgan fingerprint density at radius 1 is 0.719 bits per heavy atom. The lowest BCUT2D eigenvalue weighted by Crippen LogP contribution is -2.30. The molecule has 3 heterocycles. The third-order valence-corrected chi connectivity index (χ3v) is 7.05. The topological polar surface area (TPSA) is 35.0 Å². The van der Waals surface area contributed by atoms with E-state index in [1.807, 2.05) is 18.3 Å². The van der Waals surface area contributed by atoms with E-state index in [0.717, 1.165) is 57.4 Å². The van der Waals surface area contributed by atoms with Gasteiger partial charge in [-0.15, -0.1) is 0 Å². The maximum absolute atomic E-state index is 6.32. The number of nitrogens with zero attached hydrogens (tertiary/aromatic N) is 2. The molecule has 32 heavy (non-hydrogen) atoms. The molecule has 0 saturated carbocycles. The Balaban J connectivity index is 1.55. The van der Waals surface area contributed by atoms with Crippen LogP contribution < -0.4 is 4.74 Å². The molecule has 0 fully saturated rings. The minimum atomic E-state index is -0.0642. The summed E-state index contributed by atoms with van der Waals surface area (Å²) in [4.78, 5) is 9.67. The van der Waals surface area contributed by atoms with Crippen LogP contribution in [0.25, 0.3) is 33.1 Å². The van der Waals surface area contributed by atoms with Crippen molar-refractivity contribution in [3.05, 3.63) is 96.2 Å². The zero-order valence-electron chi connectivity index (χ0n) is 18.3. The van der Waals surface area contributed by atoms with E-state index in [1.54, 1.807) is 0 Å². The summed E-state index contributed by atoms with van der Waals surface area (Å²) in [5, 5.41) is 2.21. The van der Waals surface area contributed by atoms with Gasteiger partial charge in [0.1, 0.15) is 11.5 Å². The highest BCUT2D eigenvalue weighted by atomic mass is 16.5. The van der Waals surface area contributed by atoms with Crippen LogP contribution in [0.2, 0.25) is 0 Å². The van der Waals surface area contributed by atoms with Gasteiger partial charge in [-0.1, -0.05) is 56.3 Å². The molecule has 0 bridgehead atoms. The zero-order chi connectivity index (χ0) is 21.7. The molecule has 2 aromatic heterocycles. The van der Waals surface area contributed by atoms with E-state index in [1.165, 1.54) is 11.1 Å². The number of pyridine rings is 2. The summed E-state index contributed by atoms with van der Waals surface area (Å²) in [6.07, 6.45) is 3.86.